The molecule has 88 valence electrons. The number of piperidine rings is 1. The van der Waals surface area contributed by atoms with Crippen LogP contribution in [0.5, 0.6) is 0 Å². The van der Waals surface area contributed by atoms with Gasteiger partial charge in [-0.1, -0.05) is 34.1 Å². The number of benzene rings is 2. The summed E-state index contributed by atoms with van der Waals surface area (Å²) < 4.78 is 1.16. The fourth-order valence-corrected chi connectivity index (χ4v) is 3.00. The molecule has 0 unspecified atom stereocenters. The lowest BCUT2D eigenvalue weighted by molar-refractivity contribution is 0.579. The van der Waals surface area contributed by atoms with Crippen molar-refractivity contribution >= 4 is 32.4 Å². The van der Waals surface area contributed by atoms with Crippen molar-refractivity contribution in [1.82, 2.24) is 0 Å². The van der Waals surface area contributed by atoms with Gasteiger partial charge in [-0.3, -0.25) is 0 Å². The van der Waals surface area contributed by atoms with Crippen LogP contribution in [-0.2, 0) is 0 Å². The van der Waals surface area contributed by atoms with E-state index in [0.717, 1.165) is 4.47 Å². The van der Waals surface area contributed by atoms with E-state index in [0.29, 0.717) is 0 Å². The van der Waals surface area contributed by atoms with Gasteiger partial charge in [0.15, 0.2) is 0 Å². The van der Waals surface area contributed by atoms with E-state index in [1.807, 2.05) is 0 Å². The summed E-state index contributed by atoms with van der Waals surface area (Å²) in [6.45, 7) is 2.40. The largest absolute Gasteiger partial charge is 0.371 e. The van der Waals surface area contributed by atoms with Crippen LogP contribution in [0.3, 0.4) is 0 Å². The van der Waals surface area contributed by atoms with Crippen LogP contribution in [0.1, 0.15) is 19.3 Å². The molecule has 0 atom stereocenters. The molecular weight excluding hydrogens is 274 g/mol. The number of nitrogens with zero attached hydrogens (tertiary/aromatic N) is 1. The van der Waals surface area contributed by atoms with Gasteiger partial charge in [0.25, 0.3) is 0 Å². The molecule has 0 bridgehead atoms. The van der Waals surface area contributed by atoms with Crippen LogP contribution < -0.4 is 4.90 Å². The van der Waals surface area contributed by atoms with Crippen LogP contribution in [0.25, 0.3) is 10.8 Å². The van der Waals surface area contributed by atoms with Gasteiger partial charge >= 0.3 is 0 Å². The molecule has 17 heavy (non-hydrogen) atoms. The van der Waals surface area contributed by atoms with E-state index in [-0.39, 0.29) is 0 Å². The van der Waals surface area contributed by atoms with Gasteiger partial charge in [-0.2, -0.15) is 0 Å². The maximum atomic E-state index is 3.57. The van der Waals surface area contributed by atoms with Crippen molar-refractivity contribution in [3.8, 4) is 0 Å². The molecule has 2 aromatic carbocycles. The summed E-state index contributed by atoms with van der Waals surface area (Å²) in [7, 11) is 0. The lowest BCUT2D eigenvalue weighted by atomic mass is 10.1. The zero-order chi connectivity index (χ0) is 11.7. The number of anilines is 1. The zero-order valence-electron chi connectivity index (χ0n) is 9.82. The molecule has 1 nitrogen and oxygen atoms in total. The number of hydrogen-bond acceptors (Lipinski definition) is 1. The molecule has 1 aliphatic rings. The molecule has 0 aliphatic carbocycles. The van der Waals surface area contributed by atoms with Gasteiger partial charge in [-0.05, 0) is 42.8 Å². The van der Waals surface area contributed by atoms with Crippen LogP contribution in [0, 0.1) is 0 Å². The van der Waals surface area contributed by atoms with E-state index in [1.54, 1.807) is 0 Å². The highest BCUT2D eigenvalue weighted by Crippen LogP contribution is 2.30. The summed E-state index contributed by atoms with van der Waals surface area (Å²) in [5.41, 5.74) is 1.39. The van der Waals surface area contributed by atoms with Crippen molar-refractivity contribution in [1.29, 1.82) is 0 Å². The number of fused-ring (bicyclic) bond motifs is 1. The van der Waals surface area contributed by atoms with Gasteiger partial charge in [-0.25, -0.2) is 0 Å². The van der Waals surface area contributed by atoms with Gasteiger partial charge in [-0.15, -0.1) is 0 Å². The first-order valence-corrected chi connectivity index (χ1v) is 7.07. The van der Waals surface area contributed by atoms with Crippen molar-refractivity contribution in [3.63, 3.8) is 0 Å². The van der Waals surface area contributed by atoms with Gasteiger partial charge in [0, 0.05) is 28.6 Å². The van der Waals surface area contributed by atoms with Crippen LogP contribution in [0.2, 0.25) is 0 Å². The highest BCUT2D eigenvalue weighted by atomic mass is 79.9. The van der Waals surface area contributed by atoms with E-state index < -0.39 is 0 Å². The molecule has 1 saturated heterocycles. The molecule has 2 aromatic rings. The minimum atomic E-state index is 1.16. The Morgan fingerprint density at radius 3 is 2.59 bits per heavy atom. The first kappa shape index (κ1) is 11.1. The fourth-order valence-electron chi connectivity index (χ4n) is 2.64. The van der Waals surface area contributed by atoms with E-state index in [1.165, 1.54) is 48.8 Å². The molecule has 1 heterocycles. The third-order valence-corrected chi connectivity index (χ3v) is 4.01. The molecule has 0 saturated carbocycles. The molecule has 0 spiro atoms. The highest BCUT2D eigenvalue weighted by molar-refractivity contribution is 9.10. The third kappa shape index (κ3) is 2.19. The maximum Gasteiger partial charge on any atom is 0.0446 e. The number of halogens is 1. The summed E-state index contributed by atoms with van der Waals surface area (Å²) in [5, 5.41) is 2.69. The normalized spacial score (nSPS) is 16.4. The van der Waals surface area contributed by atoms with Crippen molar-refractivity contribution < 1.29 is 0 Å². The molecular formula is C15H16BrN. The smallest absolute Gasteiger partial charge is 0.0446 e. The van der Waals surface area contributed by atoms with Gasteiger partial charge in [0.05, 0.1) is 0 Å². The molecule has 0 radical (unpaired) electrons. The second-order valence-corrected chi connectivity index (χ2v) is 5.61. The van der Waals surface area contributed by atoms with E-state index in [2.05, 4.69) is 57.2 Å². The second-order valence-electron chi connectivity index (χ2n) is 4.69. The lowest BCUT2D eigenvalue weighted by Crippen LogP contribution is -2.29. The van der Waals surface area contributed by atoms with Gasteiger partial charge in [0.2, 0.25) is 0 Å². The summed E-state index contributed by atoms with van der Waals surface area (Å²) in [5.74, 6) is 0. The predicted molar refractivity (Wildman–Crippen MR) is 77.7 cm³/mol. The Hall–Kier alpha value is -1.02. The lowest BCUT2D eigenvalue weighted by Gasteiger charge is -2.29. The topological polar surface area (TPSA) is 3.24 Å². The molecule has 0 amide bonds. The molecule has 1 aliphatic heterocycles. The minimum Gasteiger partial charge on any atom is -0.371 e. The van der Waals surface area contributed by atoms with Crippen molar-refractivity contribution in [2.24, 2.45) is 0 Å². The third-order valence-electron chi connectivity index (χ3n) is 3.52. The Balaban J connectivity index is 2.11. The average Bonchev–Trinajstić information content (AvgIpc) is 2.39. The average molecular weight is 290 g/mol. The zero-order valence-corrected chi connectivity index (χ0v) is 11.4. The summed E-state index contributed by atoms with van der Waals surface area (Å²) in [4.78, 5) is 2.53. The van der Waals surface area contributed by atoms with Crippen LogP contribution in [-0.4, -0.2) is 13.1 Å². The van der Waals surface area contributed by atoms with Crippen LogP contribution >= 0.6 is 15.9 Å². The second kappa shape index (κ2) is 4.69. The van der Waals surface area contributed by atoms with Crippen molar-refractivity contribution in [2.45, 2.75) is 19.3 Å². The van der Waals surface area contributed by atoms with Gasteiger partial charge in [0.1, 0.15) is 0 Å². The minimum absolute atomic E-state index is 1.16. The van der Waals surface area contributed by atoms with E-state index >= 15 is 0 Å². The predicted octanol–water partition coefficient (Wildman–Crippen LogP) is 4.59. The quantitative estimate of drug-likeness (QED) is 0.742. The summed E-state index contributed by atoms with van der Waals surface area (Å²) in [6, 6.07) is 13.1. The SMILES string of the molecule is Brc1ccc2cccc(N3CCCCC3)c2c1. The molecule has 1 fully saturated rings. The summed E-state index contributed by atoms with van der Waals surface area (Å²) in [6.07, 6.45) is 4.03. The summed E-state index contributed by atoms with van der Waals surface area (Å²) >= 11 is 3.57. The molecule has 0 N–H and O–H groups in total. The maximum absolute atomic E-state index is 3.57. The Morgan fingerprint density at radius 2 is 1.76 bits per heavy atom. The Kier molecular flexibility index (Phi) is 3.06. The van der Waals surface area contributed by atoms with Gasteiger partial charge < -0.3 is 4.90 Å². The first-order valence-electron chi connectivity index (χ1n) is 6.28. The van der Waals surface area contributed by atoms with Crippen LogP contribution in [0.15, 0.2) is 40.9 Å². The standard InChI is InChI=1S/C15H16BrN/c16-13-8-7-12-5-4-6-15(14(12)11-13)17-9-2-1-3-10-17/h4-8,11H,1-3,9-10H2. The fraction of sp³-hybridized carbons (Fsp3) is 0.333. The Labute approximate surface area is 111 Å². The molecule has 2 heteroatoms. The number of rotatable bonds is 1. The van der Waals surface area contributed by atoms with E-state index in [4.69, 9.17) is 0 Å². The Morgan fingerprint density at radius 1 is 0.941 bits per heavy atom. The van der Waals surface area contributed by atoms with Crippen molar-refractivity contribution in [2.75, 3.05) is 18.0 Å². The van der Waals surface area contributed by atoms with E-state index in [9.17, 15) is 0 Å². The van der Waals surface area contributed by atoms with Crippen molar-refractivity contribution in [3.05, 3.63) is 40.9 Å². The monoisotopic (exact) mass is 289 g/mol. The first-order chi connectivity index (χ1) is 8.34. The Bertz CT molecular complexity index is 529. The van der Waals surface area contributed by atoms with Crippen LogP contribution in [0.4, 0.5) is 5.69 Å². The molecule has 3 rings (SSSR count). The highest BCUT2D eigenvalue weighted by Gasteiger charge is 2.13. The number of hydrogen-bond donors (Lipinski definition) is 0. The molecule has 0 aromatic heterocycles.